The van der Waals surface area contributed by atoms with E-state index in [0.29, 0.717) is 25.2 Å². The van der Waals surface area contributed by atoms with Crippen LogP contribution in [-0.2, 0) is 13.6 Å². The molecule has 0 N–H and O–H groups in total. The minimum atomic E-state index is -3.25. The number of carbonyl (C=O) groups is 1. The lowest BCUT2D eigenvalue weighted by Gasteiger charge is -2.26. The van der Waals surface area contributed by atoms with Gasteiger partial charge in [0.1, 0.15) is 0 Å². The Morgan fingerprint density at radius 2 is 1.68 bits per heavy atom. The van der Waals surface area contributed by atoms with Gasteiger partial charge in [-0.15, -0.1) is 0 Å². The van der Waals surface area contributed by atoms with E-state index in [4.69, 9.17) is 9.05 Å². The highest BCUT2D eigenvalue weighted by atomic mass is 31.2. The SMILES string of the molecule is CCCC[C@H](CC(=O)c1ccccc1)P(=O)(OCC)OCC. The summed E-state index contributed by atoms with van der Waals surface area (Å²) >= 11 is 0. The second-order valence-corrected chi connectivity index (χ2v) is 7.49. The van der Waals surface area contributed by atoms with Crippen LogP contribution in [0.3, 0.4) is 0 Å². The van der Waals surface area contributed by atoms with E-state index >= 15 is 0 Å². The highest BCUT2D eigenvalue weighted by Gasteiger charge is 2.36. The van der Waals surface area contributed by atoms with Crippen LogP contribution in [0.4, 0.5) is 0 Å². The topological polar surface area (TPSA) is 52.6 Å². The van der Waals surface area contributed by atoms with Crippen molar-refractivity contribution in [3.8, 4) is 0 Å². The molecule has 0 unspecified atom stereocenters. The Kier molecular flexibility index (Phi) is 8.62. The van der Waals surface area contributed by atoms with Gasteiger partial charge in [0, 0.05) is 12.0 Å². The van der Waals surface area contributed by atoms with Crippen molar-refractivity contribution in [2.45, 2.75) is 52.1 Å². The molecular weight excluding hydrogens is 299 g/mol. The predicted molar refractivity (Wildman–Crippen MR) is 89.6 cm³/mol. The van der Waals surface area contributed by atoms with Crippen molar-refractivity contribution in [1.29, 1.82) is 0 Å². The summed E-state index contributed by atoms with van der Waals surface area (Å²) in [6.07, 6.45) is 2.75. The molecule has 0 aromatic heterocycles. The van der Waals surface area contributed by atoms with Crippen molar-refractivity contribution in [3.63, 3.8) is 0 Å². The largest absolute Gasteiger partial charge is 0.334 e. The van der Waals surface area contributed by atoms with Crippen LogP contribution in [0, 0.1) is 0 Å². The van der Waals surface area contributed by atoms with Crippen molar-refractivity contribution in [2.24, 2.45) is 0 Å². The van der Waals surface area contributed by atoms with Crippen LogP contribution in [0.1, 0.15) is 56.8 Å². The number of benzene rings is 1. The lowest BCUT2D eigenvalue weighted by molar-refractivity contribution is 0.0972. The van der Waals surface area contributed by atoms with E-state index in [1.807, 2.05) is 18.2 Å². The van der Waals surface area contributed by atoms with Crippen molar-refractivity contribution in [3.05, 3.63) is 35.9 Å². The minimum absolute atomic E-state index is 0.0127. The van der Waals surface area contributed by atoms with Crippen LogP contribution in [0.2, 0.25) is 0 Å². The van der Waals surface area contributed by atoms with Crippen LogP contribution < -0.4 is 0 Å². The summed E-state index contributed by atoms with van der Waals surface area (Å²) in [5.41, 5.74) is 0.267. The Morgan fingerprint density at radius 1 is 1.09 bits per heavy atom. The third-order valence-electron chi connectivity index (χ3n) is 3.47. The van der Waals surface area contributed by atoms with Crippen LogP contribution in [0.15, 0.2) is 30.3 Å². The average Bonchev–Trinajstić information content (AvgIpc) is 2.52. The van der Waals surface area contributed by atoms with Crippen LogP contribution in [-0.4, -0.2) is 24.7 Å². The first-order valence-corrected chi connectivity index (χ1v) is 9.65. The molecule has 0 saturated heterocycles. The average molecular weight is 326 g/mol. The zero-order valence-corrected chi connectivity index (χ0v) is 14.7. The molecule has 5 heteroatoms. The lowest BCUT2D eigenvalue weighted by atomic mass is 10.0. The van der Waals surface area contributed by atoms with Crippen molar-refractivity contribution in [1.82, 2.24) is 0 Å². The molecular formula is C17H27O4P. The standard InChI is InChI=1S/C17H27O4P/c1-4-7-13-16(22(19,20-5-2)21-6-3)14-17(18)15-11-9-8-10-12-15/h8-12,16H,4-7,13-14H2,1-3H3/t16-/m1/s1. The van der Waals surface area contributed by atoms with E-state index in [1.165, 1.54) is 0 Å². The third kappa shape index (κ3) is 5.68. The highest BCUT2D eigenvalue weighted by Crippen LogP contribution is 2.56. The zero-order chi connectivity index (χ0) is 16.4. The molecule has 0 aliphatic heterocycles. The van der Waals surface area contributed by atoms with Gasteiger partial charge in [0.25, 0.3) is 0 Å². The summed E-state index contributed by atoms with van der Waals surface area (Å²) in [5.74, 6) is -0.0127. The maximum Gasteiger partial charge on any atom is 0.334 e. The van der Waals surface area contributed by atoms with Gasteiger partial charge in [0.15, 0.2) is 5.78 Å². The zero-order valence-electron chi connectivity index (χ0n) is 13.8. The number of hydrogen-bond donors (Lipinski definition) is 0. The first-order valence-electron chi connectivity index (χ1n) is 8.04. The van der Waals surface area contributed by atoms with E-state index in [1.54, 1.807) is 26.0 Å². The molecule has 124 valence electrons. The molecule has 1 atom stereocenters. The number of unbranched alkanes of at least 4 members (excludes halogenated alkanes) is 1. The van der Waals surface area contributed by atoms with Gasteiger partial charge in [0.05, 0.1) is 18.9 Å². The van der Waals surface area contributed by atoms with Crippen LogP contribution >= 0.6 is 7.60 Å². The highest BCUT2D eigenvalue weighted by molar-refractivity contribution is 7.54. The summed E-state index contributed by atoms with van der Waals surface area (Å²) in [5, 5.41) is 0. The molecule has 0 bridgehead atoms. The van der Waals surface area contributed by atoms with E-state index in [9.17, 15) is 9.36 Å². The van der Waals surface area contributed by atoms with Gasteiger partial charge in [-0.3, -0.25) is 9.36 Å². The number of carbonyl (C=O) groups excluding carboxylic acids is 1. The fraction of sp³-hybridized carbons (Fsp3) is 0.588. The van der Waals surface area contributed by atoms with Gasteiger partial charge >= 0.3 is 7.60 Å². The molecule has 1 aromatic carbocycles. The summed E-state index contributed by atoms with van der Waals surface area (Å²) in [6, 6.07) is 9.10. The molecule has 0 aliphatic rings. The van der Waals surface area contributed by atoms with Crippen molar-refractivity contribution < 1.29 is 18.4 Å². The van der Waals surface area contributed by atoms with Crippen LogP contribution in [0.25, 0.3) is 0 Å². The monoisotopic (exact) mass is 326 g/mol. The molecule has 0 spiro atoms. The van der Waals surface area contributed by atoms with Crippen molar-refractivity contribution in [2.75, 3.05) is 13.2 Å². The summed E-state index contributed by atoms with van der Waals surface area (Å²) in [6.45, 7) is 6.30. The third-order valence-corrected chi connectivity index (χ3v) is 6.04. The summed E-state index contributed by atoms with van der Waals surface area (Å²) in [4.78, 5) is 12.4. The Balaban J connectivity index is 2.91. The molecule has 0 saturated carbocycles. The Labute approximate surface area is 133 Å². The molecule has 0 aliphatic carbocycles. The Morgan fingerprint density at radius 3 is 2.18 bits per heavy atom. The fourth-order valence-corrected chi connectivity index (χ4v) is 4.48. The number of hydrogen-bond acceptors (Lipinski definition) is 4. The molecule has 1 aromatic rings. The predicted octanol–water partition coefficient (Wildman–Crippen LogP) is 5.08. The molecule has 0 amide bonds. The van der Waals surface area contributed by atoms with Gasteiger partial charge in [-0.25, -0.2) is 0 Å². The van der Waals surface area contributed by atoms with Crippen molar-refractivity contribution >= 4 is 13.4 Å². The van der Waals surface area contributed by atoms with Gasteiger partial charge in [-0.05, 0) is 20.3 Å². The number of Topliss-reactive ketones (excluding diaryl/α,β-unsaturated/α-hetero) is 1. The van der Waals surface area contributed by atoms with Crippen LogP contribution in [0.5, 0.6) is 0 Å². The van der Waals surface area contributed by atoms with Gasteiger partial charge in [-0.2, -0.15) is 0 Å². The first-order chi connectivity index (χ1) is 10.6. The molecule has 4 nitrogen and oxygen atoms in total. The number of ketones is 1. The van der Waals surface area contributed by atoms with E-state index in [0.717, 1.165) is 12.8 Å². The molecule has 0 heterocycles. The summed E-state index contributed by atoms with van der Waals surface area (Å²) < 4.78 is 23.9. The van der Waals surface area contributed by atoms with Gasteiger partial charge in [-0.1, -0.05) is 50.1 Å². The quantitative estimate of drug-likeness (QED) is 0.420. The lowest BCUT2D eigenvalue weighted by Crippen LogP contribution is -2.18. The molecule has 0 fully saturated rings. The second kappa shape index (κ2) is 9.94. The van der Waals surface area contributed by atoms with Gasteiger partial charge in [0.2, 0.25) is 0 Å². The maximum atomic E-state index is 13.0. The molecule has 1 rings (SSSR count). The van der Waals surface area contributed by atoms with E-state index in [2.05, 4.69) is 6.92 Å². The molecule has 22 heavy (non-hydrogen) atoms. The normalized spacial score (nSPS) is 13.0. The minimum Gasteiger partial charge on any atom is -0.309 e. The number of rotatable bonds is 11. The fourth-order valence-electron chi connectivity index (χ4n) is 2.38. The smallest absolute Gasteiger partial charge is 0.309 e. The second-order valence-electron chi connectivity index (χ2n) is 5.16. The summed E-state index contributed by atoms with van der Waals surface area (Å²) in [7, 11) is -3.25. The molecule has 0 radical (unpaired) electrons. The maximum absolute atomic E-state index is 13.0. The van der Waals surface area contributed by atoms with Gasteiger partial charge < -0.3 is 9.05 Å². The Hall–Kier alpha value is -0.960. The first kappa shape index (κ1) is 19.1. The van der Waals surface area contributed by atoms with E-state index < -0.39 is 7.60 Å². The van der Waals surface area contributed by atoms with E-state index in [-0.39, 0.29) is 17.9 Å². The Bertz CT molecular complexity index is 477.